The number of nitrogens with zero attached hydrogens (tertiary/aromatic N) is 1. The quantitative estimate of drug-likeness (QED) is 0.753. The van der Waals surface area contributed by atoms with E-state index in [0.717, 1.165) is 45.2 Å². The maximum atomic E-state index is 12.0. The van der Waals surface area contributed by atoms with E-state index in [4.69, 9.17) is 9.47 Å². The standard InChI is InChI=1S/C20H31NO5/c1-12-11-19-15-6-4-8-21(19)9-5-7-20(19,24)16(18(12)26-14(3)23)10-17(15)25-13(2)22/h12,15-18,24H,4-11H2,1-3H3. The van der Waals surface area contributed by atoms with Crippen LogP contribution in [0.2, 0.25) is 0 Å². The Morgan fingerprint density at radius 2 is 1.77 bits per heavy atom. The van der Waals surface area contributed by atoms with Crippen LogP contribution in [-0.4, -0.2) is 58.4 Å². The van der Waals surface area contributed by atoms with Crippen LogP contribution in [0.25, 0.3) is 0 Å². The Morgan fingerprint density at radius 3 is 2.46 bits per heavy atom. The van der Waals surface area contributed by atoms with Gasteiger partial charge in [-0.2, -0.15) is 0 Å². The zero-order valence-corrected chi connectivity index (χ0v) is 16.1. The van der Waals surface area contributed by atoms with Crippen molar-refractivity contribution < 1.29 is 24.2 Å². The van der Waals surface area contributed by atoms with Crippen molar-refractivity contribution in [2.24, 2.45) is 17.8 Å². The molecule has 4 aliphatic rings. The highest BCUT2D eigenvalue weighted by atomic mass is 16.6. The Kier molecular flexibility index (Phi) is 4.35. The maximum absolute atomic E-state index is 12.0. The van der Waals surface area contributed by atoms with E-state index in [1.54, 1.807) is 0 Å². The lowest BCUT2D eigenvalue weighted by atomic mass is 9.45. The Labute approximate surface area is 155 Å². The molecule has 2 aliphatic carbocycles. The summed E-state index contributed by atoms with van der Waals surface area (Å²) < 4.78 is 11.5. The molecule has 2 aliphatic heterocycles. The van der Waals surface area contributed by atoms with Gasteiger partial charge in [0.1, 0.15) is 12.2 Å². The highest BCUT2D eigenvalue weighted by Crippen LogP contribution is 2.63. The van der Waals surface area contributed by atoms with Gasteiger partial charge in [-0.05, 0) is 57.5 Å². The molecule has 2 heterocycles. The van der Waals surface area contributed by atoms with Gasteiger partial charge >= 0.3 is 11.9 Å². The average molecular weight is 365 g/mol. The van der Waals surface area contributed by atoms with Gasteiger partial charge in [-0.25, -0.2) is 0 Å². The minimum absolute atomic E-state index is 0.155. The summed E-state index contributed by atoms with van der Waals surface area (Å²) in [5.41, 5.74) is -1.23. The molecule has 0 radical (unpaired) electrons. The normalized spacial score (nSPS) is 47.6. The van der Waals surface area contributed by atoms with Gasteiger partial charge in [0.15, 0.2) is 0 Å². The highest BCUT2D eigenvalue weighted by molar-refractivity contribution is 5.67. The molecule has 6 nitrogen and oxygen atoms in total. The molecule has 4 fully saturated rings. The molecule has 0 aromatic rings. The molecule has 0 aromatic heterocycles. The number of hydrogen-bond donors (Lipinski definition) is 1. The third kappa shape index (κ3) is 2.37. The van der Waals surface area contributed by atoms with Crippen molar-refractivity contribution in [2.45, 2.75) is 82.6 Å². The third-order valence-corrected chi connectivity index (χ3v) is 7.61. The molecule has 6 heteroatoms. The monoisotopic (exact) mass is 365 g/mol. The predicted octanol–water partition coefficient (Wildman–Crippen LogP) is 1.89. The minimum Gasteiger partial charge on any atom is -0.462 e. The number of ether oxygens (including phenoxy) is 2. The summed E-state index contributed by atoms with van der Waals surface area (Å²) in [7, 11) is 0. The van der Waals surface area contributed by atoms with E-state index in [-0.39, 0.29) is 47.4 Å². The number of rotatable bonds is 2. The predicted molar refractivity (Wildman–Crippen MR) is 94.2 cm³/mol. The molecular formula is C20H31NO5. The second-order valence-electron chi connectivity index (χ2n) is 8.93. The first-order valence-electron chi connectivity index (χ1n) is 10.1. The topological polar surface area (TPSA) is 76.1 Å². The smallest absolute Gasteiger partial charge is 0.302 e. The van der Waals surface area contributed by atoms with Crippen molar-refractivity contribution in [1.82, 2.24) is 4.90 Å². The van der Waals surface area contributed by atoms with Crippen molar-refractivity contribution in [2.75, 3.05) is 13.1 Å². The second-order valence-corrected chi connectivity index (χ2v) is 8.93. The van der Waals surface area contributed by atoms with Gasteiger partial charge in [-0.3, -0.25) is 14.5 Å². The van der Waals surface area contributed by atoms with Crippen molar-refractivity contribution in [3.05, 3.63) is 0 Å². The van der Waals surface area contributed by atoms with Crippen LogP contribution in [0.5, 0.6) is 0 Å². The fraction of sp³-hybridized carbons (Fsp3) is 0.900. The van der Waals surface area contributed by atoms with Crippen molar-refractivity contribution in [1.29, 1.82) is 0 Å². The Balaban J connectivity index is 1.81. The molecule has 1 spiro atoms. The van der Waals surface area contributed by atoms with Crippen LogP contribution < -0.4 is 0 Å². The maximum Gasteiger partial charge on any atom is 0.302 e. The summed E-state index contributed by atoms with van der Waals surface area (Å²) in [4.78, 5) is 26.0. The average Bonchev–Trinajstić information content (AvgIpc) is 2.54. The number of piperidine rings is 2. The van der Waals surface area contributed by atoms with E-state index in [1.807, 2.05) is 0 Å². The van der Waals surface area contributed by atoms with E-state index >= 15 is 0 Å². The molecule has 146 valence electrons. The highest BCUT2D eigenvalue weighted by Gasteiger charge is 2.73. The summed E-state index contributed by atoms with van der Waals surface area (Å²) in [6.07, 6.45) is 4.61. The summed E-state index contributed by atoms with van der Waals surface area (Å²) in [6, 6.07) is 0. The van der Waals surface area contributed by atoms with Gasteiger partial charge in [-0.15, -0.1) is 0 Å². The lowest BCUT2D eigenvalue weighted by Crippen LogP contribution is -2.82. The summed E-state index contributed by atoms with van der Waals surface area (Å²) in [5.74, 6) is -0.411. The number of esters is 2. The molecule has 7 atom stereocenters. The molecule has 2 saturated carbocycles. The first-order valence-corrected chi connectivity index (χ1v) is 10.1. The van der Waals surface area contributed by atoms with Gasteiger partial charge in [0.2, 0.25) is 0 Å². The van der Waals surface area contributed by atoms with E-state index in [9.17, 15) is 14.7 Å². The van der Waals surface area contributed by atoms with E-state index in [1.165, 1.54) is 13.8 Å². The first kappa shape index (κ1) is 18.2. The molecule has 1 N–H and O–H groups in total. The van der Waals surface area contributed by atoms with E-state index in [0.29, 0.717) is 6.42 Å². The van der Waals surface area contributed by atoms with Gasteiger partial charge < -0.3 is 14.6 Å². The molecule has 0 aromatic carbocycles. The third-order valence-electron chi connectivity index (χ3n) is 7.61. The van der Waals surface area contributed by atoms with Crippen LogP contribution in [0, 0.1) is 17.8 Å². The van der Waals surface area contributed by atoms with Crippen LogP contribution in [0.4, 0.5) is 0 Å². The minimum atomic E-state index is -0.875. The van der Waals surface area contributed by atoms with E-state index < -0.39 is 5.60 Å². The Hall–Kier alpha value is -1.14. The fourth-order valence-corrected chi connectivity index (χ4v) is 7.05. The number of carbonyl (C=O) groups is 2. The Bertz CT molecular complexity index is 607. The summed E-state index contributed by atoms with van der Waals surface area (Å²) in [5, 5.41) is 12.0. The van der Waals surface area contributed by atoms with Crippen molar-refractivity contribution >= 4 is 11.9 Å². The SMILES string of the molecule is CC(=O)OC1CC2C(OC(C)=O)C(C)CC34C1CCCN3CCCC24O. The second kappa shape index (κ2) is 6.20. The molecule has 7 unspecified atom stereocenters. The number of hydrogen-bond acceptors (Lipinski definition) is 6. The molecule has 4 rings (SSSR count). The van der Waals surface area contributed by atoms with Crippen LogP contribution in [0.3, 0.4) is 0 Å². The number of aliphatic hydroxyl groups is 1. The molecule has 0 amide bonds. The molecular weight excluding hydrogens is 334 g/mol. The number of carbonyl (C=O) groups excluding carboxylic acids is 2. The van der Waals surface area contributed by atoms with Gasteiger partial charge in [0.05, 0.1) is 11.1 Å². The lowest BCUT2D eigenvalue weighted by molar-refractivity contribution is -0.303. The zero-order valence-electron chi connectivity index (χ0n) is 16.1. The molecule has 2 saturated heterocycles. The summed E-state index contributed by atoms with van der Waals surface area (Å²) >= 11 is 0. The first-order chi connectivity index (χ1) is 12.3. The largest absolute Gasteiger partial charge is 0.462 e. The van der Waals surface area contributed by atoms with Crippen LogP contribution in [0.1, 0.15) is 59.3 Å². The van der Waals surface area contributed by atoms with Crippen molar-refractivity contribution in [3.8, 4) is 0 Å². The summed E-state index contributed by atoms with van der Waals surface area (Å²) in [6.45, 7) is 7.01. The van der Waals surface area contributed by atoms with Crippen LogP contribution >= 0.6 is 0 Å². The van der Waals surface area contributed by atoms with Crippen molar-refractivity contribution in [3.63, 3.8) is 0 Å². The molecule has 26 heavy (non-hydrogen) atoms. The van der Waals surface area contributed by atoms with Gasteiger partial charge in [-0.1, -0.05) is 6.92 Å². The lowest BCUT2D eigenvalue weighted by Gasteiger charge is -2.72. The zero-order chi connectivity index (χ0) is 18.7. The van der Waals surface area contributed by atoms with Gasteiger partial charge in [0.25, 0.3) is 0 Å². The van der Waals surface area contributed by atoms with E-state index in [2.05, 4.69) is 11.8 Å². The molecule has 2 bridgehead atoms. The Morgan fingerprint density at radius 1 is 1.08 bits per heavy atom. The van der Waals surface area contributed by atoms with Crippen LogP contribution in [0.15, 0.2) is 0 Å². The van der Waals surface area contributed by atoms with Crippen LogP contribution in [-0.2, 0) is 19.1 Å². The van der Waals surface area contributed by atoms with Gasteiger partial charge in [0, 0.05) is 25.7 Å². The fourth-order valence-electron chi connectivity index (χ4n) is 7.05.